The van der Waals surface area contributed by atoms with Crippen LogP contribution in [0.5, 0.6) is 0 Å². The Morgan fingerprint density at radius 2 is 1.82 bits per heavy atom. The first-order valence-corrected chi connectivity index (χ1v) is 10.4. The van der Waals surface area contributed by atoms with E-state index in [0.717, 1.165) is 0 Å². The lowest BCUT2D eigenvalue weighted by molar-refractivity contribution is -0.120. The molecule has 2 N–H and O–H groups in total. The number of carbonyl (C=O) groups is 2. The third kappa shape index (κ3) is 5.20. The number of sulfonamides is 1. The molecule has 9 heteroatoms. The van der Waals surface area contributed by atoms with Crippen LogP contribution in [0.25, 0.3) is 0 Å². The summed E-state index contributed by atoms with van der Waals surface area (Å²) in [4.78, 5) is 24.3. The molecule has 1 aromatic heterocycles. The average molecular weight is 407 g/mol. The zero-order valence-corrected chi connectivity index (χ0v) is 17.0. The van der Waals surface area contributed by atoms with Gasteiger partial charge in [0.25, 0.3) is 5.91 Å². The Hall–Kier alpha value is -2.65. The summed E-state index contributed by atoms with van der Waals surface area (Å²) in [6.07, 6.45) is 1.50. The molecule has 0 aliphatic carbocycles. The molecule has 0 atom stereocenters. The third-order valence-electron chi connectivity index (χ3n) is 4.22. The van der Waals surface area contributed by atoms with Crippen LogP contribution in [-0.2, 0) is 21.4 Å². The van der Waals surface area contributed by atoms with Gasteiger partial charge in [-0.05, 0) is 36.8 Å². The van der Waals surface area contributed by atoms with Crippen LogP contribution in [-0.4, -0.2) is 44.2 Å². The zero-order chi connectivity index (χ0) is 20.7. The molecule has 2 aromatic rings. The summed E-state index contributed by atoms with van der Waals surface area (Å²) in [5.41, 5.74) is 0.731. The van der Waals surface area contributed by atoms with Crippen LogP contribution in [0.2, 0.25) is 0 Å². The second kappa shape index (κ2) is 9.52. The van der Waals surface area contributed by atoms with Crippen molar-refractivity contribution in [2.45, 2.75) is 32.2 Å². The number of aryl methyl sites for hydroxylation is 1. The van der Waals surface area contributed by atoms with Gasteiger partial charge in [-0.3, -0.25) is 9.59 Å². The fraction of sp³-hybridized carbons (Fsp3) is 0.368. The molecule has 0 aliphatic rings. The second-order valence-electron chi connectivity index (χ2n) is 6.11. The quantitative estimate of drug-likeness (QED) is 0.657. The number of hydrogen-bond donors (Lipinski definition) is 2. The summed E-state index contributed by atoms with van der Waals surface area (Å²) in [6.45, 7) is 5.86. The van der Waals surface area contributed by atoms with Gasteiger partial charge in [0, 0.05) is 18.7 Å². The van der Waals surface area contributed by atoms with Crippen LogP contribution in [0.4, 0.5) is 0 Å². The zero-order valence-electron chi connectivity index (χ0n) is 16.2. The maximum atomic E-state index is 12.8. The first kappa shape index (κ1) is 21.6. The molecule has 0 saturated carbocycles. The van der Waals surface area contributed by atoms with Crippen LogP contribution in [0.3, 0.4) is 0 Å². The highest BCUT2D eigenvalue weighted by Crippen LogP contribution is 2.21. The standard InChI is InChI=1S/C19H25N3O5S/c1-4-22(5-2)28(25,26)17-11-15(9-8-14(17)3)19(24)21-13-18(23)20-12-16-7-6-10-27-16/h6-11H,4-5,12-13H2,1-3H3,(H,20,23)(H,21,24). The fourth-order valence-corrected chi connectivity index (χ4v) is 4.35. The molecule has 1 heterocycles. The van der Waals surface area contributed by atoms with Gasteiger partial charge in [0.05, 0.1) is 24.2 Å². The molecule has 0 aliphatic heterocycles. The van der Waals surface area contributed by atoms with E-state index in [0.29, 0.717) is 24.4 Å². The first-order valence-electron chi connectivity index (χ1n) is 8.97. The Morgan fingerprint density at radius 1 is 1.11 bits per heavy atom. The lowest BCUT2D eigenvalue weighted by Gasteiger charge is -2.20. The summed E-state index contributed by atoms with van der Waals surface area (Å²) in [5.74, 6) is -0.304. The number of nitrogens with one attached hydrogen (secondary N) is 2. The fourth-order valence-electron chi connectivity index (χ4n) is 2.65. The van der Waals surface area contributed by atoms with E-state index in [9.17, 15) is 18.0 Å². The molecular formula is C19H25N3O5S. The largest absolute Gasteiger partial charge is 0.467 e. The lowest BCUT2D eigenvalue weighted by Crippen LogP contribution is -2.36. The normalized spacial score (nSPS) is 11.4. The van der Waals surface area contributed by atoms with E-state index in [1.54, 1.807) is 39.0 Å². The molecule has 0 unspecified atom stereocenters. The van der Waals surface area contributed by atoms with E-state index < -0.39 is 15.9 Å². The second-order valence-corrected chi connectivity index (χ2v) is 8.01. The Kier molecular flexibility index (Phi) is 7.36. The molecule has 2 amide bonds. The van der Waals surface area contributed by atoms with Gasteiger partial charge in [0.2, 0.25) is 15.9 Å². The van der Waals surface area contributed by atoms with E-state index >= 15 is 0 Å². The number of rotatable bonds is 9. The van der Waals surface area contributed by atoms with Crippen LogP contribution >= 0.6 is 0 Å². The number of nitrogens with zero attached hydrogens (tertiary/aromatic N) is 1. The van der Waals surface area contributed by atoms with Crippen molar-refractivity contribution in [2.75, 3.05) is 19.6 Å². The number of benzene rings is 1. The van der Waals surface area contributed by atoms with Gasteiger partial charge in [-0.15, -0.1) is 0 Å². The predicted molar refractivity (Wildman–Crippen MR) is 104 cm³/mol. The molecule has 2 rings (SSSR count). The number of hydrogen-bond acceptors (Lipinski definition) is 5. The first-order chi connectivity index (χ1) is 13.3. The average Bonchev–Trinajstić information content (AvgIpc) is 3.19. The van der Waals surface area contributed by atoms with Crippen molar-refractivity contribution in [1.82, 2.24) is 14.9 Å². The number of amides is 2. The van der Waals surface area contributed by atoms with E-state index in [2.05, 4.69) is 10.6 Å². The summed E-state index contributed by atoms with van der Waals surface area (Å²) in [7, 11) is -3.69. The maximum absolute atomic E-state index is 12.8. The van der Waals surface area contributed by atoms with Gasteiger partial charge in [-0.1, -0.05) is 19.9 Å². The molecule has 8 nitrogen and oxygen atoms in total. The minimum Gasteiger partial charge on any atom is -0.467 e. The van der Waals surface area contributed by atoms with E-state index in [-0.39, 0.29) is 29.5 Å². The van der Waals surface area contributed by atoms with Crippen LogP contribution in [0.15, 0.2) is 45.9 Å². The van der Waals surface area contributed by atoms with Crippen LogP contribution < -0.4 is 10.6 Å². The lowest BCUT2D eigenvalue weighted by atomic mass is 10.1. The van der Waals surface area contributed by atoms with Crippen LogP contribution in [0, 0.1) is 6.92 Å². The molecular weight excluding hydrogens is 382 g/mol. The van der Waals surface area contributed by atoms with Crippen molar-refractivity contribution in [3.8, 4) is 0 Å². The summed E-state index contributed by atoms with van der Waals surface area (Å²) < 4.78 is 32.0. The Morgan fingerprint density at radius 3 is 2.43 bits per heavy atom. The van der Waals surface area contributed by atoms with Crippen LogP contribution in [0.1, 0.15) is 35.5 Å². The van der Waals surface area contributed by atoms with Crippen molar-refractivity contribution in [3.05, 3.63) is 53.5 Å². The van der Waals surface area contributed by atoms with Gasteiger partial charge < -0.3 is 15.1 Å². The molecule has 1 aromatic carbocycles. The Labute approximate surface area is 165 Å². The van der Waals surface area contributed by atoms with Crippen molar-refractivity contribution in [1.29, 1.82) is 0 Å². The summed E-state index contributed by atoms with van der Waals surface area (Å²) in [5, 5.41) is 5.11. The topological polar surface area (TPSA) is 109 Å². The Balaban J connectivity index is 2.04. The molecule has 0 saturated heterocycles. The van der Waals surface area contributed by atoms with Gasteiger partial charge >= 0.3 is 0 Å². The minimum absolute atomic E-state index is 0.0890. The predicted octanol–water partition coefficient (Wildman–Crippen LogP) is 1.66. The highest BCUT2D eigenvalue weighted by atomic mass is 32.2. The maximum Gasteiger partial charge on any atom is 0.251 e. The van der Waals surface area contributed by atoms with E-state index in [4.69, 9.17) is 4.42 Å². The smallest absolute Gasteiger partial charge is 0.251 e. The Bertz CT molecular complexity index is 919. The molecule has 28 heavy (non-hydrogen) atoms. The SMILES string of the molecule is CCN(CC)S(=O)(=O)c1cc(C(=O)NCC(=O)NCc2ccco2)ccc1C. The van der Waals surface area contributed by atoms with Crippen molar-refractivity contribution in [3.63, 3.8) is 0 Å². The minimum atomic E-state index is -3.69. The van der Waals surface area contributed by atoms with Gasteiger partial charge in [0.1, 0.15) is 5.76 Å². The molecule has 0 fully saturated rings. The summed E-state index contributed by atoms with van der Waals surface area (Å²) in [6, 6.07) is 7.90. The molecule has 0 bridgehead atoms. The third-order valence-corrected chi connectivity index (χ3v) is 6.41. The summed E-state index contributed by atoms with van der Waals surface area (Å²) >= 11 is 0. The van der Waals surface area contributed by atoms with Gasteiger partial charge in [-0.2, -0.15) is 4.31 Å². The highest BCUT2D eigenvalue weighted by molar-refractivity contribution is 7.89. The highest BCUT2D eigenvalue weighted by Gasteiger charge is 2.24. The van der Waals surface area contributed by atoms with Crippen molar-refractivity contribution < 1.29 is 22.4 Å². The number of carbonyl (C=O) groups excluding carboxylic acids is 2. The molecule has 0 spiro atoms. The van der Waals surface area contributed by atoms with Crippen molar-refractivity contribution in [2.24, 2.45) is 0 Å². The van der Waals surface area contributed by atoms with Crippen molar-refractivity contribution >= 4 is 21.8 Å². The number of furan rings is 1. The van der Waals surface area contributed by atoms with Gasteiger partial charge in [-0.25, -0.2) is 8.42 Å². The monoisotopic (exact) mass is 407 g/mol. The molecule has 0 radical (unpaired) electrons. The van der Waals surface area contributed by atoms with Gasteiger partial charge in [0.15, 0.2) is 0 Å². The van der Waals surface area contributed by atoms with E-state index in [1.807, 2.05) is 0 Å². The molecule has 152 valence electrons. The van der Waals surface area contributed by atoms with E-state index in [1.165, 1.54) is 22.7 Å².